The lowest BCUT2D eigenvalue weighted by molar-refractivity contribution is -0.116. The van der Waals surface area contributed by atoms with Crippen molar-refractivity contribution in [2.45, 2.75) is 19.8 Å². The van der Waals surface area contributed by atoms with E-state index in [2.05, 4.69) is 5.32 Å². The van der Waals surface area contributed by atoms with E-state index in [-0.39, 0.29) is 5.91 Å². The Labute approximate surface area is 151 Å². The predicted octanol–water partition coefficient (Wildman–Crippen LogP) is 3.89. The number of aromatic nitrogens is 1. The van der Waals surface area contributed by atoms with Gasteiger partial charge in [0.15, 0.2) is 0 Å². The summed E-state index contributed by atoms with van der Waals surface area (Å²) >= 11 is 0. The Morgan fingerprint density at radius 2 is 1.88 bits per heavy atom. The molecule has 3 aromatic rings. The molecule has 2 aromatic carbocycles. The van der Waals surface area contributed by atoms with E-state index in [4.69, 9.17) is 4.74 Å². The van der Waals surface area contributed by atoms with Gasteiger partial charge >= 0.3 is 5.97 Å². The van der Waals surface area contributed by atoms with Gasteiger partial charge in [0.25, 0.3) is 0 Å². The van der Waals surface area contributed by atoms with Crippen molar-refractivity contribution in [1.82, 2.24) is 4.57 Å². The largest absolute Gasteiger partial charge is 0.423 e. The van der Waals surface area contributed by atoms with Gasteiger partial charge in [-0.15, -0.1) is 0 Å². The molecule has 26 heavy (non-hydrogen) atoms. The third-order valence-corrected chi connectivity index (χ3v) is 4.50. The molecule has 4 rings (SSSR count). The normalized spacial score (nSPS) is 13.0. The molecule has 130 valence electrons. The summed E-state index contributed by atoms with van der Waals surface area (Å²) in [6, 6.07) is 14.7. The summed E-state index contributed by atoms with van der Waals surface area (Å²) in [5, 5.41) is 2.82. The van der Waals surface area contributed by atoms with Gasteiger partial charge < -0.3 is 14.6 Å². The molecule has 5 heteroatoms. The number of hydrogen-bond acceptors (Lipinski definition) is 3. The molecule has 0 saturated heterocycles. The number of rotatable bonds is 3. The molecule has 0 spiro atoms. The maximum Gasteiger partial charge on any atom is 0.345 e. The number of benzene rings is 2. The molecule has 0 fully saturated rings. The van der Waals surface area contributed by atoms with Crippen LogP contribution >= 0.6 is 0 Å². The molecule has 1 amide bonds. The van der Waals surface area contributed by atoms with Gasteiger partial charge in [-0.25, -0.2) is 4.79 Å². The van der Waals surface area contributed by atoms with Gasteiger partial charge in [-0.2, -0.15) is 0 Å². The van der Waals surface area contributed by atoms with Crippen molar-refractivity contribution in [1.29, 1.82) is 0 Å². The van der Waals surface area contributed by atoms with E-state index in [1.54, 1.807) is 18.2 Å². The molecular weight excluding hydrogens is 328 g/mol. The van der Waals surface area contributed by atoms with E-state index in [0.29, 0.717) is 24.2 Å². The minimum absolute atomic E-state index is 0.0124. The van der Waals surface area contributed by atoms with Crippen LogP contribution in [0.5, 0.6) is 5.75 Å². The van der Waals surface area contributed by atoms with Crippen LogP contribution in [0.4, 0.5) is 5.69 Å². The van der Waals surface area contributed by atoms with E-state index in [1.807, 2.05) is 54.2 Å². The fourth-order valence-electron chi connectivity index (χ4n) is 3.24. The van der Waals surface area contributed by atoms with Crippen molar-refractivity contribution in [2.75, 3.05) is 5.32 Å². The van der Waals surface area contributed by atoms with Crippen molar-refractivity contribution in [2.24, 2.45) is 0 Å². The van der Waals surface area contributed by atoms with Crippen LogP contribution in [0.3, 0.4) is 0 Å². The maximum absolute atomic E-state index is 12.8. The van der Waals surface area contributed by atoms with Crippen LogP contribution in [0.25, 0.3) is 5.69 Å². The molecule has 2 heterocycles. The summed E-state index contributed by atoms with van der Waals surface area (Å²) in [5.41, 5.74) is 4.07. The quantitative estimate of drug-likeness (QED) is 0.578. The summed E-state index contributed by atoms with van der Waals surface area (Å²) in [6.45, 7) is 1.97. The third-order valence-electron chi connectivity index (χ3n) is 4.50. The number of para-hydroxylation sites is 1. The third kappa shape index (κ3) is 2.99. The average Bonchev–Trinajstić information content (AvgIpc) is 3.15. The highest BCUT2D eigenvalue weighted by atomic mass is 16.5. The Kier molecular flexibility index (Phi) is 4.05. The molecule has 0 saturated carbocycles. The first kappa shape index (κ1) is 16.1. The van der Waals surface area contributed by atoms with Crippen molar-refractivity contribution in [3.8, 4) is 11.4 Å². The Bertz CT molecular complexity index is 990. The van der Waals surface area contributed by atoms with Crippen LogP contribution in [0.1, 0.15) is 27.9 Å². The van der Waals surface area contributed by atoms with Crippen molar-refractivity contribution in [3.05, 3.63) is 77.6 Å². The van der Waals surface area contributed by atoms with Gasteiger partial charge in [-0.3, -0.25) is 4.79 Å². The van der Waals surface area contributed by atoms with E-state index >= 15 is 0 Å². The molecule has 0 bridgehead atoms. The minimum Gasteiger partial charge on any atom is -0.423 e. The lowest BCUT2D eigenvalue weighted by Crippen LogP contribution is -2.19. The van der Waals surface area contributed by atoms with Gasteiger partial charge in [0.2, 0.25) is 5.91 Å². The molecule has 5 nitrogen and oxygen atoms in total. The molecule has 0 radical (unpaired) electrons. The van der Waals surface area contributed by atoms with Crippen LogP contribution in [0, 0.1) is 6.92 Å². The second-order valence-corrected chi connectivity index (χ2v) is 6.32. The lowest BCUT2D eigenvalue weighted by Gasteiger charge is -2.18. The number of nitrogens with one attached hydrogen (secondary N) is 1. The first-order valence-corrected chi connectivity index (χ1v) is 8.50. The number of esters is 1. The number of fused-ring (bicyclic) bond motifs is 1. The number of carbonyl (C=O) groups excluding carboxylic acids is 2. The first-order chi connectivity index (χ1) is 12.6. The molecule has 1 aliphatic heterocycles. The van der Waals surface area contributed by atoms with Gasteiger partial charge in [-0.05, 0) is 60.9 Å². The Morgan fingerprint density at radius 1 is 1.08 bits per heavy atom. The summed E-state index contributed by atoms with van der Waals surface area (Å²) < 4.78 is 7.53. The summed E-state index contributed by atoms with van der Waals surface area (Å²) in [5.74, 6) is 0.0837. The second kappa shape index (κ2) is 6.52. The smallest absolute Gasteiger partial charge is 0.345 e. The zero-order valence-corrected chi connectivity index (χ0v) is 14.4. The highest BCUT2D eigenvalue weighted by Crippen LogP contribution is 2.28. The van der Waals surface area contributed by atoms with Crippen LogP contribution in [0.2, 0.25) is 0 Å². The zero-order valence-electron chi connectivity index (χ0n) is 14.4. The Morgan fingerprint density at radius 3 is 2.69 bits per heavy atom. The van der Waals surface area contributed by atoms with Crippen molar-refractivity contribution < 1.29 is 14.3 Å². The van der Waals surface area contributed by atoms with Gasteiger partial charge in [0, 0.05) is 24.5 Å². The maximum atomic E-state index is 12.8. The highest BCUT2D eigenvalue weighted by Gasteiger charge is 2.19. The topological polar surface area (TPSA) is 60.3 Å². The standard InChI is InChI=1S/C21H18N2O3/c1-14-5-4-6-17(20(14)23-11-2-3-12-23)21(25)26-16-8-9-18-15(13-16)7-10-19(24)22-18/h2-6,8-9,11-13H,7,10H2,1H3,(H,22,24). The highest BCUT2D eigenvalue weighted by molar-refractivity contribution is 5.96. The lowest BCUT2D eigenvalue weighted by atomic mass is 10.0. The van der Waals surface area contributed by atoms with E-state index in [1.165, 1.54) is 0 Å². The first-order valence-electron chi connectivity index (χ1n) is 8.50. The zero-order chi connectivity index (χ0) is 18.1. The average molecular weight is 346 g/mol. The molecule has 1 N–H and O–H groups in total. The number of carbonyl (C=O) groups is 2. The fourth-order valence-corrected chi connectivity index (χ4v) is 3.24. The Hall–Kier alpha value is -3.34. The molecule has 0 unspecified atom stereocenters. The second-order valence-electron chi connectivity index (χ2n) is 6.32. The van der Waals surface area contributed by atoms with E-state index in [0.717, 1.165) is 22.5 Å². The molecule has 0 atom stereocenters. The van der Waals surface area contributed by atoms with Crippen molar-refractivity contribution in [3.63, 3.8) is 0 Å². The van der Waals surface area contributed by atoms with Crippen LogP contribution < -0.4 is 10.1 Å². The monoisotopic (exact) mass is 346 g/mol. The number of ether oxygens (including phenoxy) is 1. The predicted molar refractivity (Wildman–Crippen MR) is 98.9 cm³/mol. The fraction of sp³-hybridized carbons (Fsp3) is 0.143. The number of anilines is 1. The van der Waals surface area contributed by atoms with E-state index in [9.17, 15) is 9.59 Å². The summed E-state index contributed by atoms with van der Waals surface area (Å²) in [6.07, 6.45) is 4.90. The van der Waals surface area contributed by atoms with Gasteiger partial charge in [0.05, 0.1) is 11.3 Å². The van der Waals surface area contributed by atoms with Crippen LogP contribution in [-0.4, -0.2) is 16.4 Å². The summed E-state index contributed by atoms with van der Waals surface area (Å²) in [7, 11) is 0. The van der Waals surface area contributed by atoms with Crippen molar-refractivity contribution >= 4 is 17.6 Å². The van der Waals surface area contributed by atoms with Gasteiger partial charge in [-0.1, -0.05) is 12.1 Å². The van der Waals surface area contributed by atoms with Gasteiger partial charge in [0.1, 0.15) is 5.75 Å². The summed E-state index contributed by atoms with van der Waals surface area (Å²) in [4.78, 5) is 24.3. The minimum atomic E-state index is -0.405. The molecule has 1 aliphatic rings. The Balaban J connectivity index is 1.64. The number of hydrogen-bond donors (Lipinski definition) is 1. The molecule has 1 aromatic heterocycles. The SMILES string of the molecule is Cc1cccc(C(=O)Oc2ccc3c(c2)CCC(=O)N3)c1-n1cccc1. The number of nitrogens with zero attached hydrogens (tertiary/aromatic N) is 1. The number of amides is 1. The molecule has 0 aliphatic carbocycles. The van der Waals surface area contributed by atoms with Crippen LogP contribution in [-0.2, 0) is 11.2 Å². The molecular formula is C21H18N2O3. The van der Waals surface area contributed by atoms with E-state index < -0.39 is 5.97 Å². The van der Waals surface area contributed by atoms with Crippen LogP contribution in [0.15, 0.2) is 60.9 Å². The number of aryl methyl sites for hydroxylation is 2.